The minimum absolute atomic E-state index is 0.427. The molecule has 2 rings (SSSR count). The molecule has 2 N–H and O–H groups in total. The standard InChI is InChI=1S/C14H21NO/c1-4-12(11-6-7-11)15-13-8-5-9(2)14(16)10(13)3/h5,8,11-12,15-16H,4,6-7H2,1-3H3. The van der Waals surface area contributed by atoms with Crippen molar-refractivity contribution in [3.8, 4) is 5.75 Å². The fourth-order valence-corrected chi connectivity index (χ4v) is 2.24. The van der Waals surface area contributed by atoms with Crippen LogP contribution in [0.15, 0.2) is 12.1 Å². The maximum atomic E-state index is 9.89. The van der Waals surface area contributed by atoms with Gasteiger partial charge >= 0.3 is 0 Å². The Kier molecular flexibility index (Phi) is 3.08. The molecule has 1 aliphatic rings. The summed E-state index contributed by atoms with van der Waals surface area (Å²) in [6, 6.07) is 4.63. The van der Waals surface area contributed by atoms with Crippen molar-refractivity contribution in [2.45, 2.75) is 46.1 Å². The molecule has 1 atom stereocenters. The summed E-state index contributed by atoms with van der Waals surface area (Å²) in [6.07, 6.45) is 3.85. The zero-order chi connectivity index (χ0) is 11.7. The van der Waals surface area contributed by atoms with Crippen molar-refractivity contribution in [2.75, 3.05) is 5.32 Å². The maximum absolute atomic E-state index is 9.89. The average Bonchev–Trinajstić information content (AvgIpc) is 3.09. The van der Waals surface area contributed by atoms with Crippen LogP contribution < -0.4 is 5.32 Å². The Balaban J connectivity index is 2.17. The molecule has 1 aromatic rings. The van der Waals surface area contributed by atoms with Crippen molar-refractivity contribution in [3.05, 3.63) is 23.3 Å². The lowest BCUT2D eigenvalue weighted by atomic mass is 10.1. The first-order valence-corrected chi connectivity index (χ1v) is 6.19. The van der Waals surface area contributed by atoms with Gasteiger partial charge in [0.05, 0.1) is 0 Å². The Hall–Kier alpha value is -1.18. The predicted octanol–water partition coefficient (Wildman–Crippen LogP) is 3.61. The molecule has 0 saturated heterocycles. The van der Waals surface area contributed by atoms with Gasteiger partial charge in [-0.1, -0.05) is 13.0 Å². The van der Waals surface area contributed by atoms with Crippen LogP contribution >= 0.6 is 0 Å². The molecule has 0 heterocycles. The lowest BCUT2D eigenvalue weighted by Gasteiger charge is -2.20. The summed E-state index contributed by atoms with van der Waals surface area (Å²) in [5, 5.41) is 13.5. The number of nitrogens with one attached hydrogen (secondary N) is 1. The first-order chi connectivity index (χ1) is 7.63. The van der Waals surface area contributed by atoms with Gasteiger partial charge in [0.1, 0.15) is 5.75 Å². The molecule has 1 fully saturated rings. The monoisotopic (exact) mass is 219 g/mol. The molecule has 2 heteroatoms. The van der Waals surface area contributed by atoms with Crippen molar-refractivity contribution in [1.82, 2.24) is 0 Å². The molecular weight excluding hydrogens is 198 g/mol. The number of benzene rings is 1. The van der Waals surface area contributed by atoms with Crippen LogP contribution in [0.1, 0.15) is 37.3 Å². The second-order valence-corrected chi connectivity index (χ2v) is 4.90. The Labute approximate surface area is 97.7 Å². The van der Waals surface area contributed by atoms with Crippen molar-refractivity contribution in [1.29, 1.82) is 0 Å². The van der Waals surface area contributed by atoms with E-state index in [1.807, 2.05) is 19.9 Å². The first-order valence-electron chi connectivity index (χ1n) is 6.19. The zero-order valence-corrected chi connectivity index (χ0v) is 10.4. The topological polar surface area (TPSA) is 32.3 Å². The van der Waals surface area contributed by atoms with E-state index >= 15 is 0 Å². The molecule has 1 aromatic carbocycles. The van der Waals surface area contributed by atoms with Crippen LogP contribution in [0.5, 0.6) is 5.75 Å². The van der Waals surface area contributed by atoms with E-state index in [0.717, 1.165) is 29.2 Å². The SMILES string of the molecule is CCC(Nc1ccc(C)c(O)c1C)C1CC1. The molecule has 0 aliphatic heterocycles. The van der Waals surface area contributed by atoms with Crippen LogP contribution in [0.25, 0.3) is 0 Å². The number of phenols is 1. The third-order valence-electron chi connectivity index (χ3n) is 3.60. The highest BCUT2D eigenvalue weighted by molar-refractivity contribution is 5.59. The van der Waals surface area contributed by atoms with Crippen LogP contribution in [-0.2, 0) is 0 Å². The fourth-order valence-electron chi connectivity index (χ4n) is 2.24. The van der Waals surface area contributed by atoms with E-state index in [-0.39, 0.29) is 0 Å². The number of rotatable bonds is 4. The maximum Gasteiger partial charge on any atom is 0.123 e. The van der Waals surface area contributed by atoms with Gasteiger partial charge in [-0.3, -0.25) is 0 Å². The lowest BCUT2D eigenvalue weighted by molar-refractivity contribution is 0.467. The molecule has 0 spiro atoms. The van der Waals surface area contributed by atoms with Crippen LogP contribution in [0.4, 0.5) is 5.69 Å². The average molecular weight is 219 g/mol. The fraction of sp³-hybridized carbons (Fsp3) is 0.571. The summed E-state index contributed by atoms with van der Waals surface area (Å²) in [6.45, 7) is 6.13. The first kappa shape index (κ1) is 11.3. The number of hydrogen-bond donors (Lipinski definition) is 2. The van der Waals surface area contributed by atoms with Crippen molar-refractivity contribution >= 4 is 5.69 Å². The molecule has 0 amide bonds. The van der Waals surface area contributed by atoms with Gasteiger partial charge in [0, 0.05) is 17.3 Å². The molecular formula is C14H21NO. The van der Waals surface area contributed by atoms with Crippen LogP contribution in [0.3, 0.4) is 0 Å². The summed E-state index contributed by atoms with van der Waals surface area (Å²) in [5.74, 6) is 1.27. The molecule has 16 heavy (non-hydrogen) atoms. The van der Waals surface area contributed by atoms with Gasteiger partial charge in [-0.25, -0.2) is 0 Å². The van der Waals surface area contributed by atoms with Crippen LogP contribution in [0.2, 0.25) is 0 Å². The summed E-state index contributed by atoms with van der Waals surface area (Å²) in [7, 11) is 0. The number of phenolic OH excluding ortho intramolecular Hbond substituents is 1. The van der Waals surface area contributed by atoms with E-state index in [1.54, 1.807) is 0 Å². The molecule has 0 bridgehead atoms. The molecule has 0 radical (unpaired) electrons. The highest BCUT2D eigenvalue weighted by atomic mass is 16.3. The van der Waals surface area contributed by atoms with E-state index in [0.29, 0.717) is 11.8 Å². The quantitative estimate of drug-likeness (QED) is 0.810. The highest BCUT2D eigenvalue weighted by Crippen LogP contribution is 2.37. The van der Waals surface area contributed by atoms with Crippen molar-refractivity contribution in [3.63, 3.8) is 0 Å². The van der Waals surface area contributed by atoms with Gasteiger partial charge in [0.25, 0.3) is 0 Å². The Morgan fingerprint density at radius 1 is 1.38 bits per heavy atom. The van der Waals surface area contributed by atoms with Crippen molar-refractivity contribution in [2.24, 2.45) is 5.92 Å². The summed E-state index contributed by atoms with van der Waals surface area (Å²) in [4.78, 5) is 0. The van der Waals surface area contributed by atoms with Crippen LogP contribution in [0, 0.1) is 19.8 Å². The molecule has 2 nitrogen and oxygen atoms in total. The summed E-state index contributed by atoms with van der Waals surface area (Å²) >= 11 is 0. The lowest BCUT2D eigenvalue weighted by Crippen LogP contribution is -2.21. The van der Waals surface area contributed by atoms with Gasteiger partial charge in [-0.05, 0) is 50.7 Å². The van der Waals surface area contributed by atoms with Gasteiger partial charge in [0.15, 0.2) is 0 Å². The minimum Gasteiger partial charge on any atom is -0.507 e. The number of hydrogen-bond acceptors (Lipinski definition) is 2. The second-order valence-electron chi connectivity index (χ2n) is 4.90. The van der Waals surface area contributed by atoms with Gasteiger partial charge in [-0.2, -0.15) is 0 Å². The Morgan fingerprint density at radius 3 is 2.62 bits per heavy atom. The molecule has 1 saturated carbocycles. The molecule has 88 valence electrons. The van der Waals surface area contributed by atoms with Crippen LogP contribution in [-0.4, -0.2) is 11.1 Å². The largest absolute Gasteiger partial charge is 0.507 e. The molecule has 0 aromatic heterocycles. The summed E-state index contributed by atoms with van der Waals surface area (Å²) < 4.78 is 0. The number of anilines is 1. The number of aryl methyl sites for hydroxylation is 1. The molecule has 1 aliphatic carbocycles. The van der Waals surface area contributed by atoms with E-state index < -0.39 is 0 Å². The van der Waals surface area contributed by atoms with E-state index in [1.165, 1.54) is 12.8 Å². The smallest absolute Gasteiger partial charge is 0.123 e. The van der Waals surface area contributed by atoms with E-state index in [9.17, 15) is 5.11 Å². The number of aromatic hydroxyl groups is 1. The van der Waals surface area contributed by atoms with E-state index in [4.69, 9.17) is 0 Å². The third kappa shape index (κ3) is 2.16. The van der Waals surface area contributed by atoms with E-state index in [2.05, 4.69) is 18.3 Å². The predicted molar refractivity (Wildman–Crippen MR) is 68.0 cm³/mol. The second kappa shape index (κ2) is 4.36. The summed E-state index contributed by atoms with van der Waals surface area (Å²) in [5.41, 5.74) is 3.00. The zero-order valence-electron chi connectivity index (χ0n) is 10.4. The Morgan fingerprint density at radius 2 is 2.06 bits per heavy atom. The third-order valence-corrected chi connectivity index (χ3v) is 3.60. The highest BCUT2D eigenvalue weighted by Gasteiger charge is 2.30. The Bertz CT molecular complexity index is 383. The minimum atomic E-state index is 0.427. The van der Waals surface area contributed by atoms with Gasteiger partial charge < -0.3 is 10.4 Å². The molecule has 1 unspecified atom stereocenters. The normalized spacial score (nSPS) is 17.2. The van der Waals surface area contributed by atoms with Crippen molar-refractivity contribution < 1.29 is 5.11 Å². The van der Waals surface area contributed by atoms with Gasteiger partial charge in [0.2, 0.25) is 0 Å². The van der Waals surface area contributed by atoms with Gasteiger partial charge in [-0.15, -0.1) is 0 Å².